The Morgan fingerprint density at radius 3 is 2.42 bits per heavy atom. The van der Waals surface area contributed by atoms with E-state index in [1.54, 1.807) is 13.2 Å². The van der Waals surface area contributed by atoms with E-state index in [4.69, 9.17) is 4.74 Å². The molecule has 1 aliphatic carbocycles. The lowest BCUT2D eigenvalue weighted by Crippen LogP contribution is -2.50. The van der Waals surface area contributed by atoms with E-state index in [1.807, 2.05) is 28.0 Å². The summed E-state index contributed by atoms with van der Waals surface area (Å²) in [5.74, 6) is 1.69. The highest BCUT2D eigenvalue weighted by Crippen LogP contribution is 2.27. The predicted octanol–water partition coefficient (Wildman–Crippen LogP) is 3.34. The van der Waals surface area contributed by atoms with Crippen LogP contribution in [0.4, 0.5) is 0 Å². The summed E-state index contributed by atoms with van der Waals surface area (Å²) in [4.78, 5) is 28.9. The maximum atomic E-state index is 12.6. The molecule has 1 heterocycles. The average Bonchev–Trinajstić information content (AvgIpc) is 2.72. The maximum absolute atomic E-state index is 12.6. The lowest BCUT2D eigenvalue weighted by atomic mass is 9.86. The largest absolute Gasteiger partial charge is 0.497 e. The Balaban J connectivity index is 1.45. The quantitative estimate of drug-likeness (QED) is 0.811. The summed E-state index contributed by atoms with van der Waals surface area (Å²) >= 11 is 0. The fourth-order valence-electron chi connectivity index (χ4n) is 4.06. The molecule has 1 saturated heterocycles. The highest BCUT2D eigenvalue weighted by atomic mass is 16.5. The van der Waals surface area contributed by atoms with Gasteiger partial charge in [0.25, 0.3) is 5.91 Å². The van der Waals surface area contributed by atoms with Crippen molar-refractivity contribution in [3.63, 3.8) is 0 Å². The highest BCUT2D eigenvalue weighted by Gasteiger charge is 2.25. The van der Waals surface area contributed by atoms with E-state index in [9.17, 15) is 9.59 Å². The van der Waals surface area contributed by atoms with Crippen molar-refractivity contribution in [2.75, 3.05) is 33.3 Å². The molecule has 1 aromatic carbocycles. The number of hydrogen-bond acceptors (Lipinski definition) is 3. The van der Waals surface area contributed by atoms with Crippen LogP contribution in [-0.4, -0.2) is 54.9 Å². The molecule has 0 atom stereocenters. The Morgan fingerprint density at radius 1 is 1.04 bits per heavy atom. The van der Waals surface area contributed by atoms with Gasteiger partial charge in [0.1, 0.15) is 5.75 Å². The minimum Gasteiger partial charge on any atom is -0.497 e. The van der Waals surface area contributed by atoms with Crippen molar-refractivity contribution in [2.45, 2.75) is 44.9 Å². The fourth-order valence-corrected chi connectivity index (χ4v) is 4.06. The molecule has 2 fully saturated rings. The monoisotopic (exact) mass is 358 g/mol. The van der Waals surface area contributed by atoms with Crippen molar-refractivity contribution in [1.29, 1.82) is 0 Å². The van der Waals surface area contributed by atoms with Crippen LogP contribution in [0, 0.1) is 5.92 Å². The van der Waals surface area contributed by atoms with Gasteiger partial charge in [0.15, 0.2) is 0 Å². The highest BCUT2D eigenvalue weighted by molar-refractivity contribution is 5.94. The van der Waals surface area contributed by atoms with Crippen LogP contribution in [0.5, 0.6) is 5.75 Å². The van der Waals surface area contributed by atoms with E-state index in [2.05, 4.69) is 0 Å². The Morgan fingerprint density at radius 2 is 1.73 bits per heavy atom. The summed E-state index contributed by atoms with van der Waals surface area (Å²) in [5.41, 5.74) is 0.640. The van der Waals surface area contributed by atoms with E-state index < -0.39 is 0 Å². The normalized spacial score (nSPS) is 18.7. The van der Waals surface area contributed by atoms with Gasteiger partial charge in [0.2, 0.25) is 5.91 Å². The van der Waals surface area contributed by atoms with Gasteiger partial charge in [-0.2, -0.15) is 0 Å². The van der Waals surface area contributed by atoms with E-state index in [1.165, 1.54) is 32.1 Å². The standard InChI is InChI=1S/C21H30N2O3/c1-26-19-9-5-8-18(16-19)21(25)23-14-12-22(13-15-23)20(24)11-10-17-6-3-2-4-7-17/h5,8-9,16-17H,2-4,6-7,10-15H2,1H3. The minimum atomic E-state index is 0.0122. The first-order valence-electron chi connectivity index (χ1n) is 9.88. The number of carbonyl (C=O) groups is 2. The summed E-state index contributed by atoms with van der Waals surface area (Å²) in [6.45, 7) is 2.48. The first-order chi connectivity index (χ1) is 12.7. The first kappa shape index (κ1) is 18.7. The molecule has 5 heteroatoms. The molecule has 3 rings (SSSR count). The second kappa shape index (κ2) is 9.06. The third kappa shape index (κ3) is 4.77. The van der Waals surface area contributed by atoms with Crippen LogP contribution < -0.4 is 4.74 Å². The lowest BCUT2D eigenvalue weighted by molar-refractivity contribution is -0.133. The van der Waals surface area contributed by atoms with Gasteiger partial charge in [-0.25, -0.2) is 0 Å². The van der Waals surface area contributed by atoms with Gasteiger partial charge in [-0.15, -0.1) is 0 Å². The smallest absolute Gasteiger partial charge is 0.254 e. The molecule has 0 bridgehead atoms. The van der Waals surface area contributed by atoms with Crippen molar-refractivity contribution < 1.29 is 14.3 Å². The molecule has 2 amide bonds. The van der Waals surface area contributed by atoms with Gasteiger partial charge in [-0.05, 0) is 30.5 Å². The van der Waals surface area contributed by atoms with Crippen LogP contribution in [0.25, 0.3) is 0 Å². The molecule has 1 aliphatic heterocycles. The van der Waals surface area contributed by atoms with Gasteiger partial charge >= 0.3 is 0 Å². The number of hydrogen-bond donors (Lipinski definition) is 0. The predicted molar refractivity (Wildman–Crippen MR) is 101 cm³/mol. The molecular formula is C21H30N2O3. The number of amides is 2. The molecule has 0 unspecified atom stereocenters. The topological polar surface area (TPSA) is 49.9 Å². The van der Waals surface area contributed by atoms with E-state index in [0.717, 1.165) is 12.3 Å². The molecule has 142 valence electrons. The lowest BCUT2D eigenvalue weighted by Gasteiger charge is -2.35. The first-order valence-corrected chi connectivity index (χ1v) is 9.88. The molecule has 1 saturated carbocycles. The summed E-state index contributed by atoms with van der Waals surface area (Å²) in [5, 5.41) is 0. The van der Waals surface area contributed by atoms with Crippen LogP contribution in [0.1, 0.15) is 55.3 Å². The molecule has 2 aliphatic rings. The zero-order chi connectivity index (χ0) is 18.4. The van der Waals surface area contributed by atoms with Gasteiger partial charge in [-0.3, -0.25) is 9.59 Å². The summed E-state index contributed by atoms with van der Waals surface area (Å²) < 4.78 is 5.19. The molecular weight excluding hydrogens is 328 g/mol. The van der Waals surface area contributed by atoms with Gasteiger partial charge in [0, 0.05) is 38.2 Å². The average molecular weight is 358 g/mol. The number of nitrogens with zero attached hydrogens (tertiary/aromatic N) is 2. The third-order valence-corrected chi connectivity index (χ3v) is 5.73. The second-order valence-electron chi connectivity index (χ2n) is 7.45. The van der Waals surface area contributed by atoms with E-state index >= 15 is 0 Å². The van der Waals surface area contributed by atoms with Crippen molar-refractivity contribution in [1.82, 2.24) is 9.80 Å². The number of benzene rings is 1. The molecule has 0 aromatic heterocycles. The van der Waals surface area contributed by atoms with Crippen molar-refractivity contribution in [3.8, 4) is 5.75 Å². The van der Waals surface area contributed by atoms with Crippen LogP contribution in [0.15, 0.2) is 24.3 Å². The summed E-state index contributed by atoms with van der Waals surface area (Å²) in [6.07, 6.45) is 8.27. The van der Waals surface area contributed by atoms with E-state index in [0.29, 0.717) is 43.9 Å². The van der Waals surface area contributed by atoms with Crippen LogP contribution in [-0.2, 0) is 4.79 Å². The third-order valence-electron chi connectivity index (χ3n) is 5.73. The number of carbonyl (C=O) groups excluding carboxylic acids is 2. The van der Waals surface area contributed by atoms with Crippen molar-refractivity contribution >= 4 is 11.8 Å². The Kier molecular flexibility index (Phi) is 6.53. The molecule has 1 aromatic rings. The molecule has 0 spiro atoms. The number of piperazine rings is 1. The van der Waals surface area contributed by atoms with Gasteiger partial charge in [0.05, 0.1) is 7.11 Å². The van der Waals surface area contributed by atoms with Crippen molar-refractivity contribution in [3.05, 3.63) is 29.8 Å². The zero-order valence-corrected chi connectivity index (χ0v) is 15.8. The zero-order valence-electron chi connectivity index (χ0n) is 15.8. The summed E-state index contributed by atoms with van der Waals surface area (Å²) in [6, 6.07) is 7.24. The Labute approximate surface area is 156 Å². The van der Waals surface area contributed by atoms with Gasteiger partial charge in [-0.1, -0.05) is 38.2 Å². The Hall–Kier alpha value is -2.04. The fraction of sp³-hybridized carbons (Fsp3) is 0.619. The molecule has 26 heavy (non-hydrogen) atoms. The number of rotatable bonds is 5. The molecule has 5 nitrogen and oxygen atoms in total. The SMILES string of the molecule is COc1cccc(C(=O)N2CCN(C(=O)CCC3CCCCC3)CC2)c1. The van der Waals surface area contributed by atoms with Gasteiger partial charge < -0.3 is 14.5 Å². The molecule has 0 radical (unpaired) electrons. The second-order valence-corrected chi connectivity index (χ2v) is 7.45. The van der Waals surface area contributed by atoms with E-state index in [-0.39, 0.29) is 11.8 Å². The minimum absolute atomic E-state index is 0.0122. The number of methoxy groups -OCH3 is 1. The van der Waals surface area contributed by atoms with Crippen LogP contribution in [0.2, 0.25) is 0 Å². The Bertz CT molecular complexity index is 617. The van der Waals surface area contributed by atoms with Crippen LogP contribution in [0.3, 0.4) is 0 Å². The maximum Gasteiger partial charge on any atom is 0.254 e. The summed E-state index contributed by atoms with van der Waals surface area (Å²) in [7, 11) is 1.60. The number of ether oxygens (including phenoxy) is 1. The molecule has 0 N–H and O–H groups in total. The van der Waals surface area contributed by atoms with Crippen molar-refractivity contribution in [2.24, 2.45) is 5.92 Å². The van der Waals surface area contributed by atoms with Crippen LogP contribution >= 0.6 is 0 Å².